The summed E-state index contributed by atoms with van der Waals surface area (Å²) in [5.41, 5.74) is -1.08. The SMILES string of the molecule is COc1cc(Oc2ccc(C(F)(F)F)cc2)cc(NC(=O)C2CCC(=O)N2C)c1F. The minimum absolute atomic E-state index is 0.0409. The Morgan fingerprint density at radius 1 is 1.17 bits per heavy atom. The van der Waals surface area contributed by atoms with Gasteiger partial charge in [-0.15, -0.1) is 0 Å². The predicted molar refractivity (Wildman–Crippen MR) is 98.9 cm³/mol. The first kappa shape index (κ1) is 21.4. The highest BCUT2D eigenvalue weighted by Crippen LogP contribution is 2.35. The number of ether oxygens (including phenoxy) is 2. The fourth-order valence-corrected chi connectivity index (χ4v) is 3.05. The molecule has 0 aromatic heterocycles. The number of likely N-dealkylation sites (N-methyl/N-ethyl adjacent to an activating group) is 1. The Bertz CT molecular complexity index is 961. The van der Waals surface area contributed by atoms with Crippen LogP contribution in [0.3, 0.4) is 0 Å². The first-order chi connectivity index (χ1) is 14.1. The number of nitrogens with one attached hydrogen (secondary N) is 1. The summed E-state index contributed by atoms with van der Waals surface area (Å²) in [5, 5.41) is 2.42. The number of carbonyl (C=O) groups is 2. The van der Waals surface area contributed by atoms with Gasteiger partial charge < -0.3 is 19.7 Å². The maximum atomic E-state index is 14.6. The van der Waals surface area contributed by atoms with E-state index in [0.29, 0.717) is 6.42 Å². The van der Waals surface area contributed by atoms with Crippen LogP contribution < -0.4 is 14.8 Å². The minimum Gasteiger partial charge on any atom is -0.493 e. The Morgan fingerprint density at radius 2 is 1.83 bits per heavy atom. The van der Waals surface area contributed by atoms with Gasteiger partial charge in [-0.2, -0.15) is 13.2 Å². The number of halogens is 4. The molecule has 0 aliphatic carbocycles. The zero-order chi connectivity index (χ0) is 22.1. The van der Waals surface area contributed by atoms with Crippen LogP contribution in [0.5, 0.6) is 17.2 Å². The second kappa shape index (κ2) is 8.21. The molecule has 1 saturated heterocycles. The van der Waals surface area contributed by atoms with Gasteiger partial charge in [0.25, 0.3) is 0 Å². The van der Waals surface area contributed by atoms with Crippen molar-refractivity contribution < 1.29 is 36.6 Å². The number of alkyl halides is 3. The Kier molecular flexibility index (Phi) is 5.86. The molecule has 1 fully saturated rings. The first-order valence-electron chi connectivity index (χ1n) is 8.89. The molecule has 2 aromatic carbocycles. The number of amides is 2. The van der Waals surface area contributed by atoms with Crippen molar-refractivity contribution in [2.24, 2.45) is 0 Å². The van der Waals surface area contributed by atoms with Crippen molar-refractivity contribution in [3.05, 3.63) is 47.8 Å². The molecular weight excluding hydrogens is 408 g/mol. The summed E-state index contributed by atoms with van der Waals surface area (Å²) in [6, 6.07) is 5.60. The van der Waals surface area contributed by atoms with Crippen LogP contribution in [0.2, 0.25) is 0 Å². The molecular formula is C20H18F4N2O4. The van der Waals surface area contributed by atoms with E-state index in [1.54, 1.807) is 0 Å². The highest BCUT2D eigenvalue weighted by molar-refractivity contribution is 5.99. The number of benzene rings is 2. The molecule has 0 spiro atoms. The Balaban J connectivity index is 1.83. The van der Waals surface area contributed by atoms with Gasteiger partial charge in [-0.25, -0.2) is 4.39 Å². The fourth-order valence-electron chi connectivity index (χ4n) is 3.05. The second-order valence-corrected chi connectivity index (χ2v) is 6.66. The van der Waals surface area contributed by atoms with E-state index in [1.807, 2.05) is 0 Å². The fraction of sp³-hybridized carbons (Fsp3) is 0.300. The molecule has 1 atom stereocenters. The van der Waals surface area contributed by atoms with Crippen molar-refractivity contribution in [2.75, 3.05) is 19.5 Å². The molecule has 10 heteroatoms. The van der Waals surface area contributed by atoms with Crippen LogP contribution in [-0.4, -0.2) is 36.9 Å². The lowest BCUT2D eigenvalue weighted by Crippen LogP contribution is -2.39. The van der Waals surface area contributed by atoms with Gasteiger partial charge in [0.15, 0.2) is 11.6 Å². The Hall–Kier alpha value is -3.30. The molecule has 3 rings (SSSR count). The van der Waals surface area contributed by atoms with Gasteiger partial charge >= 0.3 is 6.18 Å². The van der Waals surface area contributed by atoms with Gasteiger partial charge in [0.2, 0.25) is 11.8 Å². The standard InChI is InChI=1S/C20H18F4N2O4/c1-26-15(7-8-17(26)27)19(28)25-14-9-13(10-16(29-2)18(14)21)30-12-5-3-11(4-6-12)20(22,23)24/h3-6,9-10,15H,7-8H2,1-2H3,(H,25,28). The molecule has 1 aliphatic heterocycles. The van der Waals surface area contributed by atoms with Gasteiger partial charge in [-0.1, -0.05) is 0 Å². The van der Waals surface area contributed by atoms with Crippen LogP contribution in [0.25, 0.3) is 0 Å². The van der Waals surface area contributed by atoms with Crippen LogP contribution in [-0.2, 0) is 15.8 Å². The van der Waals surface area contributed by atoms with E-state index >= 15 is 0 Å². The number of likely N-dealkylation sites (tertiary alicyclic amines) is 1. The summed E-state index contributed by atoms with van der Waals surface area (Å²) in [5.74, 6) is -1.72. The van der Waals surface area contributed by atoms with Gasteiger partial charge in [-0.3, -0.25) is 9.59 Å². The van der Waals surface area contributed by atoms with E-state index in [4.69, 9.17) is 9.47 Å². The van der Waals surface area contributed by atoms with Crippen LogP contribution in [0.4, 0.5) is 23.2 Å². The van der Waals surface area contributed by atoms with E-state index in [-0.39, 0.29) is 35.3 Å². The molecule has 30 heavy (non-hydrogen) atoms. The van der Waals surface area contributed by atoms with Crippen LogP contribution in [0, 0.1) is 5.82 Å². The quantitative estimate of drug-likeness (QED) is 0.728. The van der Waals surface area contributed by atoms with Gasteiger partial charge in [-0.05, 0) is 30.7 Å². The van der Waals surface area contributed by atoms with Crippen molar-refractivity contribution in [2.45, 2.75) is 25.1 Å². The number of methoxy groups -OCH3 is 1. The summed E-state index contributed by atoms with van der Waals surface area (Å²) < 4.78 is 63.1. The van der Waals surface area contributed by atoms with Crippen molar-refractivity contribution >= 4 is 17.5 Å². The maximum absolute atomic E-state index is 14.6. The first-order valence-corrected chi connectivity index (χ1v) is 8.89. The highest BCUT2D eigenvalue weighted by atomic mass is 19.4. The second-order valence-electron chi connectivity index (χ2n) is 6.66. The molecule has 0 saturated carbocycles. The molecule has 0 bridgehead atoms. The molecule has 0 radical (unpaired) electrons. The Labute approximate surface area is 169 Å². The van der Waals surface area contributed by atoms with Crippen LogP contribution >= 0.6 is 0 Å². The number of nitrogens with zero attached hydrogens (tertiary/aromatic N) is 1. The normalized spacial score (nSPS) is 16.5. The van der Waals surface area contributed by atoms with E-state index in [0.717, 1.165) is 24.3 Å². The van der Waals surface area contributed by atoms with Gasteiger partial charge in [0.05, 0.1) is 18.4 Å². The number of rotatable bonds is 5. The third-order valence-corrected chi connectivity index (χ3v) is 4.70. The molecule has 160 valence electrons. The van der Waals surface area contributed by atoms with Crippen molar-refractivity contribution in [3.63, 3.8) is 0 Å². The number of anilines is 1. The zero-order valence-corrected chi connectivity index (χ0v) is 16.0. The summed E-state index contributed by atoms with van der Waals surface area (Å²) in [6.07, 6.45) is -3.96. The lowest BCUT2D eigenvalue weighted by molar-refractivity contribution is -0.137. The van der Waals surface area contributed by atoms with Gasteiger partial charge in [0, 0.05) is 25.6 Å². The molecule has 1 aliphatic rings. The summed E-state index contributed by atoms with van der Waals surface area (Å²) in [6.45, 7) is 0. The molecule has 2 amide bonds. The third kappa shape index (κ3) is 4.47. The topological polar surface area (TPSA) is 67.9 Å². The Morgan fingerprint density at radius 3 is 2.37 bits per heavy atom. The molecule has 1 heterocycles. The summed E-state index contributed by atoms with van der Waals surface area (Å²) in [7, 11) is 2.70. The lowest BCUT2D eigenvalue weighted by atomic mass is 10.2. The lowest BCUT2D eigenvalue weighted by Gasteiger charge is -2.20. The number of hydrogen-bond donors (Lipinski definition) is 1. The number of carbonyl (C=O) groups excluding carboxylic acids is 2. The van der Waals surface area contributed by atoms with Crippen molar-refractivity contribution in [3.8, 4) is 17.2 Å². The monoisotopic (exact) mass is 426 g/mol. The largest absolute Gasteiger partial charge is 0.493 e. The van der Waals surface area contributed by atoms with E-state index in [9.17, 15) is 27.2 Å². The molecule has 6 nitrogen and oxygen atoms in total. The molecule has 1 unspecified atom stereocenters. The van der Waals surface area contributed by atoms with E-state index in [1.165, 1.54) is 31.2 Å². The van der Waals surface area contributed by atoms with E-state index in [2.05, 4.69) is 5.32 Å². The predicted octanol–water partition coefficient (Wildman–Crippen LogP) is 4.20. The van der Waals surface area contributed by atoms with Crippen molar-refractivity contribution in [1.29, 1.82) is 0 Å². The number of hydrogen-bond acceptors (Lipinski definition) is 4. The van der Waals surface area contributed by atoms with Crippen molar-refractivity contribution in [1.82, 2.24) is 4.90 Å². The van der Waals surface area contributed by atoms with Crippen LogP contribution in [0.1, 0.15) is 18.4 Å². The highest BCUT2D eigenvalue weighted by Gasteiger charge is 2.34. The average molecular weight is 426 g/mol. The zero-order valence-electron chi connectivity index (χ0n) is 16.0. The minimum atomic E-state index is -4.48. The third-order valence-electron chi connectivity index (χ3n) is 4.70. The van der Waals surface area contributed by atoms with E-state index < -0.39 is 29.5 Å². The van der Waals surface area contributed by atoms with Gasteiger partial charge in [0.1, 0.15) is 17.5 Å². The molecule has 1 N–H and O–H groups in total. The average Bonchev–Trinajstić information content (AvgIpc) is 3.02. The smallest absolute Gasteiger partial charge is 0.416 e. The van der Waals surface area contributed by atoms with Crippen LogP contribution in [0.15, 0.2) is 36.4 Å². The summed E-state index contributed by atoms with van der Waals surface area (Å²) in [4.78, 5) is 25.4. The summed E-state index contributed by atoms with van der Waals surface area (Å²) >= 11 is 0. The maximum Gasteiger partial charge on any atom is 0.416 e. The molecule has 2 aromatic rings.